The first-order valence-corrected chi connectivity index (χ1v) is 6.52. The monoisotopic (exact) mass is 301 g/mol. The third-order valence-corrected chi connectivity index (χ3v) is 3.63. The second kappa shape index (κ2) is 5.67. The second-order valence-electron chi connectivity index (χ2n) is 4.31. The van der Waals surface area contributed by atoms with E-state index in [9.17, 15) is 9.59 Å². The average molecular weight is 302 g/mol. The summed E-state index contributed by atoms with van der Waals surface area (Å²) in [7, 11) is 0. The summed E-state index contributed by atoms with van der Waals surface area (Å²) in [4.78, 5) is 22.9. The molecule has 1 saturated heterocycles. The van der Waals surface area contributed by atoms with Gasteiger partial charge in [0.1, 0.15) is 6.04 Å². The molecule has 1 heterocycles. The van der Waals surface area contributed by atoms with Gasteiger partial charge in [-0.2, -0.15) is 0 Å². The van der Waals surface area contributed by atoms with E-state index in [0.29, 0.717) is 16.6 Å². The number of hydrogen-bond acceptors (Lipinski definition) is 2. The van der Waals surface area contributed by atoms with Gasteiger partial charge in [-0.3, -0.25) is 4.79 Å². The standard InChI is InChI=1S/C12H13Cl2N3O2/c1-6(7-2-3-8(13)9(14)4-7)16-11(18)10-5-15-12(19)17-10/h2-4,6,10H,5H2,1H3,(H,16,18)(H2,15,17,19)/t6-,10+/m0/s1. The lowest BCUT2D eigenvalue weighted by Gasteiger charge is -2.17. The van der Waals surface area contributed by atoms with Crippen LogP contribution in [0.2, 0.25) is 10.0 Å². The number of halogens is 2. The van der Waals surface area contributed by atoms with E-state index in [4.69, 9.17) is 23.2 Å². The van der Waals surface area contributed by atoms with Gasteiger partial charge in [0, 0.05) is 6.54 Å². The van der Waals surface area contributed by atoms with Crippen LogP contribution in [0.15, 0.2) is 18.2 Å². The van der Waals surface area contributed by atoms with Crippen LogP contribution in [0.25, 0.3) is 0 Å². The smallest absolute Gasteiger partial charge is 0.315 e. The topological polar surface area (TPSA) is 70.2 Å². The Kier molecular flexibility index (Phi) is 4.17. The normalized spacial score (nSPS) is 19.5. The van der Waals surface area contributed by atoms with Crippen molar-refractivity contribution in [1.82, 2.24) is 16.0 Å². The maximum atomic E-state index is 11.9. The molecule has 7 heteroatoms. The van der Waals surface area contributed by atoms with Gasteiger partial charge in [0.25, 0.3) is 0 Å². The Bertz CT molecular complexity index is 522. The van der Waals surface area contributed by atoms with Crippen molar-refractivity contribution in [2.24, 2.45) is 0 Å². The van der Waals surface area contributed by atoms with Gasteiger partial charge in [-0.25, -0.2) is 4.79 Å². The fourth-order valence-corrected chi connectivity index (χ4v) is 2.10. The molecule has 2 atom stereocenters. The molecule has 1 aliphatic heterocycles. The SMILES string of the molecule is C[C@H](NC(=O)[C@H]1CNC(=O)N1)c1ccc(Cl)c(Cl)c1. The highest BCUT2D eigenvalue weighted by Crippen LogP contribution is 2.25. The van der Waals surface area contributed by atoms with Crippen molar-refractivity contribution in [1.29, 1.82) is 0 Å². The Balaban J connectivity index is 2.00. The number of carbonyl (C=O) groups excluding carboxylic acids is 2. The van der Waals surface area contributed by atoms with E-state index < -0.39 is 6.04 Å². The first kappa shape index (κ1) is 14.0. The van der Waals surface area contributed by atoms with E-state index >= 15 is 0 Å². The Morgan fingerprint density at radius 3 is 2.74 bits per heavy atom. The van der Waals surface area contributed by atoms with Crippen LogP contribution in [-0.4, -0.2) is 24.5 Å². The van der Waals surface area contributed by atoms with Crippen LogP contribution in [0.4, 0.5) is 4.79 Å². The molecule has 0 radical (unpaired) electrons. The van der Waals surface area contributed by atoms with Gasteiger partial charge in [0.2, 0.25) is 5.91 Å². The van der Waals surface area contributed by atoms with Crippen LogP contribution >= 0.6 is 23.2 Å². The summed E-state index contributed by atoms with van der Waals surface area (Å²) in [5.74, 6) is -0.239. The minimum absolute atomic E-state index is 0.222. The van der Waals surface area contributed by atoms with Crippen LogP contribution in [0.5, 0.6) is 0 Å². The zero-order chi connectivity index (χ0) is 14.0. The van der Waals surface area contributed by atoms with Crippen LogP contribution in [0.3, 0.4) is 0 Å². The van der Waals surface area contributed by atoms with Gasteiger partial charge in [-0.1, -0.05) is 29.3 Å². The van der Waals surface area contributed by atoms with E-state index in [1.165, 1.54) is 0 Å². The molecule has 5 nitrogen and oxygen atoms in total. The number of hydrogen-bond donors (Lipinski definition) is 3. The molecule has 1 fully saturated rings. The molecule has 3 N–H and O–H groups in total. The summed E-state index contributed by atoms with van der Waals surface area (Å²) in [5.41, 5.74) is 0.847. The van der Waals surface area contributed by atoms with Crippen molar-refractivity contribution < 1.29 is 9.59 Å². The van der Waals surface area contributed by atoms with Crippen LogP contribution in [0, 0.1) is 0 Å². The van der Waals surface area contributed by atoms with Gasteiger partial charge in [0.15, 0.2) is 0 Å². The van der Waals surface area contributed by atoms with E-state index in [1.807, 2.05) is 6.92 Å². The lowest BCUT2D eigenvalue weighted by Crippen LogP contribution is -2.43. The summed E-state index contributed by atoms with van der Waals surface area (Å²) in [6.07, 6.45) is 0. The highest BCUT2D eigenvalue weighted by Gasteiger charge is 2.27. The fourth-order valence-electron chi connectivity index (χ4n) is 1.79. The fraction of sp³-hybridized carbons (Fsp3) is 0.333. The summed E-state index contributed by atoms with van der Waals surface area (Å²) in [6, 6.07) is 4.09. The lowest BCUT2D eigenvalue weighted by molar-refractivity contribution is -0.123. The van der Waals surface area contributed by atoms with E-state index in [0.717, 1.165) is 5.56 Å². The first-order chi connectivity index (χ1) is 8.97. The third kappa shape index (κ3) is 3.30. The summed E-state index contributed by atoms with van der Waals surface area (Å²) < 4.78 is 0. The third-order valence-electron chi connectivity index (χ3n) is 2.89. The maximum absolute atomic E-state index is 11.9. The van der Waals surface area contributed by atoms with E-state index in [2.05, 4.69) is 16.0 Å². The molecule has 0 aromatic heterocycles. The van der Waals surface area contributed by atoms with Crippen molar-refractivity contribution in [2.45, 2.75) is 19.0 Å². The Hall–Kier alpha value is -1.46. The van der Waals surface area contributed by atoms with E-state index in [1.54, 1.807) is 18.2 Å². The zero-order valence-corrected chi connectivity index (χ0v) is 11.7. The van der Waals surface area contributed by atoms with Gasteiger partial charge in [-0.15, -0.1) is 0 Å². The highest BCUT2D eigenvalue weighted by molar-refractivity contribution is 6.42. The summed E-state index contributed by atoms with van der Waals surface area (Å²) in [6.45, 7) is 2.13. The van der Waals surface area contributed by atoms with Crippen molar-refractivity contribution >= 4 is 35.1 Å². The molecule has 3 amide bonds. The Labute approximate surface area is 120 Å². The average Bonchev–Trinajstić information content (AvgIpc) is 2.79. The van der Waals surface area contributed by atoms with Crippen LogP contribution in [-0.2, 0) is 4.79 Å². The van der Waals surface area contributed by atoms with Crippen molar-refractivity contribution in [3.63, 3.8) is 0 Å². The van der Waals surface area contributed by atoms with Crippen LogP contribution in [0.1, 0.15) is 18.5 Å². The molecule has 0 saturated carbocycles. The predicted octanol–water partition coefficient (Wildman–Crippen LogP) is 1.85. The minimum atomic E-state index is -0.544. The summed E-state index contributed by atoms with van der Waals surface area (Å²) in [5, 5.41) is 8.77. The largest absolute Gasteiger partial charge is 0.348 e. The molecule has 0 aliphatic carbocycles. The number of urea groups is 1. The second-order valence-corrected chi connectivity index (χ2v) is 5.13. The molecule has 0 spiro atoms. The maximum Gasteiger partial charge on any atom is 0.315 e. The summed E-state index contributed by atoms with van der Waals surface area (Å²) >= 11 is 11.8. The molecular formula is C12H13Cl2N3O2. The molecule has 1 aromatic rings. The Morgan fingerprint density at radius 2 is 2.16 bits per heavy atom. The van der Waals surface area contributed by atoms with Crippen molar-refractivity contribution in [3.8, 4) is 0 Å². The number of carbonyl (C=O) groups is 2. The van der Waals surface area contributed by atoms with Crippen molar-refractivity contribution in [3.05, 3.63) is 33.8 Å². The van der Waals surface area contributed by atoms with Crippen molar-refractivity contribution in [2.75, 3.05) is 6.54 Å². The zero-order valence-electron chi connectivity index (χ0n) is 10.2. The number of rotatable bonds is 3. The first-order valence-electron chi connectivity index (χ1n) is 5.77. The molecule has 19 heavy (non-hydrogen) atoms. The molecule has 0 unspecified atom stereocenters. The molecular weight excluding hydrogens is 289 g/mol. The lowest BCUT2D eigenvalue weighted by atomic mass is 10.1. The number of amides is 3. The van der Waals surface area contributed by atoms with Gasteiger partial charge in [0.05, 0.1) is 16.1 Å². The van der Waals surface area contributed by atoms with Gasteiger partial charge < -0.3 is 16.0 Å². The highest BCUT2D eigenvalue weighted by atomic mass is 35.5. The quantitative estimate of drug-likeness (QED) is 0.797. The predicted molar refractivity (Wildman–Crippen MR) is 73.3 cm³/mol. The Morgan fingerprint density at radius 1 is 1.42 bits per heavy atom. The number of nitrogens with one attached hydrogen (secondary N) is 3. The minimum Gasteiger partial charge on any atom is -0.348 e. The molecule has 1 aromatic carbocycles. The van der Waals surface area contributed by atoms with E-state index in [-0.39, 0.29) is 18.0 Å². The molecule has 102 valence electrons. The molecule has 0 bridgehead atoms. The van der Waals surface area contributed by atoms with Crippen LogP contribution < -0.4 is 16.0 Å². The van der Waals surface area contributed by atoms with Gasteiger partial charge in [-0.05, 0) is 24.6 Å². The number of benzene rings is 1. The molecule has 2 rings (SSSR count). The molecule has 1 aliphatic rings. The van der Waals surface area contributed by atoms with Gasteiger partial charge >= 0.3 is 6.03 Å².